The Balaban J connectivity index is 2.20. The summed E-state index contributed by atoms with van der Waals surface area (Å²) in [7, 11) is 0. The highest BCUT2D eigenvalue weighted by molar-refractivity contribution is 6.31. The molecule has 0 spiro atoms. The smallest absolute Gasteiger partial charge is 0.141 e. The minimum absolute atomic E-state index is 0.196. The fourth-order valence-corrected chi connectivity index (χ4v) is 2.59. The lowest BCUT2D eigenvalue weighted by molar-refractivity contribution is 0.280. The lowest BCUT2D eigenvalue weighted by Gasteiger charge is -2.34. The molecule has 106 valence electrons. The van der Waals surface area contributed by atoms with E-state index in [-0.39, 0.29) is 16.3 Å². The molecule has 1 aliphatic rings. The van der Waals surface area contributed by atoms with Crippen LogP contribution in [0.3, 0.4) is 0 Å². The quantitative estimate of drug-likeness (QED) is 0.846. The van der Waals surface area contributed by atoms with Gasteiger partial charge in [-0.05, 0) is 36.6 Å². The summed E-state index contributed by atoms with van der Waals surface area (Å²) in [4.78, 5) is 2.29. The van der Waals surface area contributed by atoms with Crippen molar-refractivity contribution >= 4 is 17.3 Å². The van der Waals surface area contributed by atoms with E-state index in [1.165, 1.54) is 6.07 Å². The van der Waals surface area contributed by atoms with Crippen LogP contribution in [0.2, 0.25) is 5.02 Å². The molecule has 0 bridgehead atoms. The maximum atomic E-state index is 13.2. The van der Waals surface area contributed by atoms with Gasteiger partial charge in [0.05, 0.1) is 5.02 Å². The molecule has 1 atom stereocenters. The maximum Gasteiger partial charge on any atom is 0.141 e. The molecule has 1 unspecified atom stereocenters. The molecule has 2 rings (SSSR count). The first-order valence-corrected chi connectivity index (χ1v) is 7.19. The monoisotopic (exact) mass is 284 g/mol. The Labute approximate surface area is 119 Å². The fraction of sp³-hybridized carbons (Fsp3) is 0.600. The van der Waals surface area contributed by atoms with Crippen LogP contribution in [-0.2, 0) is 0 Å². The van der Waals surface area contributed by atoms with Gasteiger partial charge in [0.2, 0.25) is 0 Å². The molecule has 1 heterocycles. The molecule has 2 nitrogen and oxygen atoms in total. The second-order valence-corrected chi connectivity index (χ2v) is 6.68. The van der Waals surface area contributed by atoms with Crippen molar-refractivity contribution < 1.29 is 4.39 Å². The van der Waals surface area contributed by atoms with Crippen molar-refractivity contribution in [2.45, 2.75) is 33.2 Å². The summed E-state index contributed by atoms with van der Waals surface area (Å²) in [6.07, 6.45) is 1.08. The summed E-state index contributed by atoms with van der Waals surface area (Å²) in [6, 6.07) is 5.40. The van der Waals surface area contributed by atoms with Gasteiger partial charge < -0.3 is 10.2 Å². The third-order valence-corrected chi connectivity index (χ3v) is 4.00. The summed E-state index contributed by atoms with van der Waals surface area (Å²) in [6.45, 7) is 9.64. The number of nitrogens with zero attached hydrogens (tertiary/aromatic N) is 1. The van der Waals surface area contributed by atoms with Gasteiger partial charge in [-0.15, -0.1) is 0 Å². The number of benzene rings is 1. The molecule has 1 aromatic rings. The van der Waals surface area contributed by atoms with Crippen molar-refractivity contribution in [3.63, 3.8) is 0 Å². The highest BCUT2D eigenvalue weighted by Crippen LogP contribution is 2.27. The van der Waals surface area contributed by atoms with Gasteiger partial charge in [-0.2, -0.15) is 0 Å². The van der Waals surface area contributed by atoms with E-state index in [0.717, 1.165) is 31.7 Å². The Morgan fingerprint density at radius 3 is 2.74 bits per heavy atom. The van der Waals surface area contributed by atoms with Gasteiger partial charge in [0, 0.05) is 24.8 Å². The average molecular weight is 285 g/mol. The zero-order valence-corrected chi connectivity index (χ0v) is 12.6. The van der Waals surface area contributed by atoms with Crippen LogP contribution >= 0.6 is 11.6 Å². The van der Waals surface area contributed by atoms with E-state index in [1.54, 1.807) is 6.07 Å². The number of nitrogens with one attached hydrogen (secondary N) is 1. The predicted octanol–water partition coefficient (Wildman–Crippen LogP) is 3.69. The molecule has 4 heteroatoms. The second kappa shape index (κ2) is 5.68. The van der Waals surface area contributed by atoms with Crippen LogP contribution in [0.5, 0.6) is 0 Å². The molecular formula is C15H22ClFN2. The normalized spacial score (nSPS) is 21.3. The first-order valence-electron chi connectivity index (χ1n) is 6.81. The van der Waals surface area contributed by atoms with Gasteiger partial charge in [-0.3, -0.25) is 0 Å². The fourth-order valence-electron chi connectivity index (χ4n) is 2.42. The van der Waals surface area contributed by atoms with Crippen molar-refractivity contribution in [1.29, 1.82) is 0 Å². The highest BCUT2D eigenvalue weighted by atomic mass is 35.5. The summed E-state index contributed by atoms with van der Waals surface area (Å²) >= 11 is 5.88. The number of halogens is 2. The van der Waals surface area contributed by atoms with Crippen LogP contribution < -0.4 is 10.2 Å². The lowest BCUT2D eigenvalue weighted by Crippen LogP contribution is -2.46. The van der Waals surface area contributed by atoms with Crippen molar-refractivity contribution in [1.82, 2.24) is 5.32 Å². The first-order chi connectivity index (χ1) is 8.88. The van der Waals surface area contributed by atoms with E-state index in [2.05, 4.69) is 31.0 Å². The molecular weight excluding hydrogens is 263 g/mol. The molecule has 1 N–H and O–H groups in total. The van der Waals surface area contributed by atoms with Crippen molar-refractivity contribution in [3.8, 4) is 0 Å². The maximum absolute atomic E-state index is 13.2. The van der Waals surface area contributed by atoms with E-state index in [0.29, 0.717) is 6.04 Å². The van der Waals surface area contributed by atoms with Crippen LogP contribution in [0.25, 0.3) is 0 Å². The van der Waals surface area contributed by atoms with Crippen LogP contribution in [0, 0.1) is 11.2 Å². The predicted molar refractivity (Wildman–Crippen MR) is 79.5 cm³/mol. The van der Waals surface area contributed by atoms with Crippen molar-refractivity contribution in [3.05, 3.63) is 29.0 Å². The van der Waals surface area contributed by atoms with Crippen LogP contribution in [0.1, 0.15) is 27.2 Å². The van der Waals surface area contributed by atoms with E-state index in [1.807, 2.05) is 6.07 Å². The molecule has 0 radical (unpaired) electrons. The lowest BCUT2D eigenvalue weighted by atomic mass is 9.86. The summed E-state index contributed by atoms with van der Waals surface area (Å²) in [5.74, 6) is -0.356. The minimum atomic E-state index is -0.356. The zero-order valence-electron chi connectivity index (χ0n) is 11.8. The van der Waals surface area contributed by atoms with Gasteiger partial charge >= 0.3 is 0 Å². The van der Waals surface area contributed by atoms with Crippen molar-refractivity contribution in [2.24, 2.45) is 5.41 Å². The number of anilines is 1. The Morgan fingerprint density at radius 2 is 2.11 bits per heavy atom. The van der Waals surface area contributed by atoms with Crippen LogP contribution in [-0.4, -0.2) is 25.7 Å². The molecule has 1 saturated heterocycles. The topological polar surface area (TPSA) is 15.3 Å². The van der Waals surface area contributed by atoms with Crippen LogP contribution in [0.4, 0.5) is 10.1 Å². The third kappa shape index (κ3) is 3.61. The zero-order chi connectivity index (χ0) is 14.0. The largest absolute Gasteiger partial charge is 0.370 e. The highest BCUT2D eigenvalue weighted by Gasteiger charge is 2.28. The molecule has 0 saturated carbocycles. The summed E-state index contributed by atoms with van der Waals surface area (Å²) in [5, 5.41) is 3.79. The molecule has 1 aromatic carbocycles. The van der Waals surface area contributed by atoms with E-state index >= 15 is 0 Å². The van der Waals surface area contributed by atoms with Gasteiger partial charge in [-0.1, -0.05) is 32.4 Å². The first kappa shape index (κ1) is 14.6. The van der Waals surface area contributed by atoms with Crippen molar-refractivity contribution in [2.75, 3.05) is 24.5 Å². The van der Waals surface area contributed by atoms with E-state index < -0.39 is 0 Å². The molecule has 0 aliphatic carbocycles. The average Bonchev–Trinajstić information content (AvgIpc) is 2.58. The Morgan fingerprint density at radius 1 is 1.37 bits per heavy atom. The SMILES string of the molecule is CC(C)(C)C1CN(c2ccc(F)c(Cl)c2)CCCN1. The Bertz CT molecular complexity index is 442. The Hall–Kier alpha value is -0.800. The molecule has 1 aliphatic heterocycles. The third-order valence-electron chi connectivity index (χ3n) is 3.71. The van der Waals surface area contributed by atoms with Gasteiger partial charge in [0.1, 0.15) is 5.82 Å². The molecule has 0 aromatic heterocycles. The second-order valence-electron chi connectivity index (χ2n) is 6.27. The van der Waals surface area contributed by atoms with Gasteiger partial charge in [0.25, 0.3) is 0 Å². The molecule has 0 amide bonds. The minimum Gasteiger partial charge on any atom is -0.370 e. The van der Waals surface area contributed by atoms with Gasteiger partial charge in [-0.25, -0.2) is 4.39 Å². The number of rotatable bonds is 1. The summed E-state index contributed by atoms with van der Waals surface area (Å²) in [5.41, 5.74) is 1.20. The molecule has 1 fully saturated rings. The summed E-state index contributed by atoms with van der Waals surface area (Å²) < 4.78 is 13.2. The van der Waals surface area contributed by atoms with E-state index in [9.17, 15) is 4.39 Å². The molecule has 19 heavy (non-hydrogen) atoms. The standard InChI is InChI=1S/C15H22ClFN2/c1-15(2,3)14-10-19(8-4-7-18-14)11-5-6-13(17)12(16)9-11/h5-6,9,14,18H,4,7-8,10H2,1-3H3. The number of hydrogen-bond donors (Lipinski definition) is 1. The van der Waals surface area contributed by atoms with E-state index in [4.69, 9.17) is 11.6 Å². The Kier molecular flexibility index (Phi) is 4.36. The van der Waals surface area contributed by atoms with Crippen LogP contribution in [0.15, 0.2) is 18.2 Å². The number of hydrogen-bond acceptors (Lipinski definition) is 2. The van der Waals surface area contributed by atoms with Gasteiger partial charge in [0.15, 0.2) is 0 Å².